The molecule has 1 aromatic carbocycles. The van der Waals surface area contributed by atoms with Crippen molar-refractivity contribution < 1.29 is 18.0 Å². The zero-order valence-corrected chi connectivity index (χ0v) is 16.8. The molecule has 1 aromatic rings. The van der Waals surface area contributed by atoms with Crippen molar-refractivity contribution in [3.8, 4) is 0 Å². The van der Waals surface area contributed by atoms with Gasteiger partial charge >= 0.3 is 6.18 Å². The summed E-state index contributed by atoms with van der Waals surface area (Å²) in [6.45, 7) is 6.70. The number of amides is 1. The fourth-order valence-corrected chi connectivity index (χ4v) is 3.35. The molecule has 1 amide bonds. The molecule has 0 saturated carbocycles. The lowest BCUT2D eigenvalue weighted by Crippen LogP contribution is -2.23. The van der Waals surface area contributed by atoms with Gasteiger partial charge in [-0.2, -0.15) is 13.2 Å². The zero-order chi connectivity index (χ0) is 20.7. The third kappa shape index (κ3) is 5.85. The van der Waals surface area contributed by atoms with Crippen LogP contribution < -0.4 is 0 Å². The summed E-state index contributed by atoms with van der Waals surface area (Å²) in [5, 5.41) is 0. The molecule has 152 valence electrons. The number of allylic oxidation sites excluding steroid dienone is 6. The predicted molar refractivity (Wildman–Crippen MR) is 107 cm³/mol. The molecule has 0 bridgehead atoms. The van der Waals surface area contributed by atoms with E-state index in [1.54, 1.807) is 29.2 Å². The number of rotatable bonds is 7. The summed E-state index contributed by atoms with van der Waals surface area (Å²) in [4.78, 5) is 13.8. The van der Waals surface area contributed by atoms with E-state index in [1.807, 2.05) is 39.0 Å². The van der Waals surface area contributed by atoms with E-state index in [0.29, 0.717) is 37.1 Å². The zero-order valence-electron chi connectivity index (χ0n) is 16.8. The number of carbonyl (C=O) groups is 1. The average Bonchev–Trinajstić information content (AvgIpc) is 3.07. The summed E-state index contributed by atoms with van der Waals surface area (Å²) in [5.41, 5.74) is 3.71. The molecule has 0 radical (unpaired) electrons. The largest absolute Gasteiger partial charge is 0.393 e. The molecule has 1 aliphatic rings. The molecule has 0 spiro atoms. The Bertz CT molecular complexity index is 788. The number of unbranched alkanes of at least 4 members (excludes halogenated alkanes) is 1. The van der Waals surface area contributed by atoms with Crippen LogP contribution in [0.15, 0.2) is 48.1 Å². The predicted octanol–water partition coefficient (Wildman–Crippen LogP) is 6.58. The van der Waals surface area contributed by atoms with Crippen LogP contribution >= 0.6 is 0 Å². The van der Waals surface area contributed by atoms with Crippen molar-refractivity contribution >= 4 is 11.5 Å². The van der Waals surface area contributed by atoms with Gasteiger partial charge in [-0.15, -0.1) is 0 Å². The molecule has 2 nitrogen and oxygen atoms in total. The standard InChI is InChI=1S/C23H28F3NO/c1-4-7-9-18(14-23(24,25)26)21(10-8-5-2)17-11-12-19-15-27(22(28)6-3)16-20(19)13-17/h5,8-13H,4,6-7,14-16H2,1-3H3/b8-5-,18-9+,21-10-. The summed E-state index contributed by atoms with van der Waals surface area (Å²) >= 11 is 0. The van der Waals surface area contributed by atoms with Gasteiger partial charge in [-0.1, -0.05) is 56.7 Å². The van der Waals surface area contributed by atoms with Gasteiger partial charge in [-0.05, 0) is 47.2 Å². The van der Waals surface area contributed by atoms with Gasteiger partial charge in [-0.25, -0.2) is 0 Å². The smallest absolute Gasteiger partial charge is 0.334 e. The second kappa shape index (κ2) is 9.76. The Kier molecular flexibility index (Phi) is 7.67. The Morgan fingerprint density at radius 2 is 1.89 bits per heavy atom. The first-order chi connectivity index (χ1) is 13.3. The van der Waals surface area contributed by atoms with E-state index in [1.165, 1.54) is 0 Å². The van der Waals surface area contributed by atoms with Crippen molar-refractivity contribution in [1.82, 2.24) is 4.90 Å². The highest BCUT2D eigenvalue weighted by Gasteiger charge is 2.30. The van der Waals surface area contributed by atoms with Crippen molar-refractivity contribution in [2.24, 2.45) is 0 Å². The van der Waals surface area contributed by atoms with E-state index < -0.39 is 12.6 Å². The van der Waals surface area contributed by atoms with Gasteiger partial charge in [0.15, 0.2) is 0 Å². The number of nitrogens with zero attached hydrogens (tertiary/aromatic N) is 1. The lowest BCUT2D eigenvalue weighted by Gasteiger charge is -2.16. The maximum Gasteiger partial charge on any atom is 0.393 e. The molecule has 5 heteroatoms. The van der Waals surface area contributed by atoms with Crippen LogP contribution in [0, 0.1) is 0 Å². The van der Waals surface area contributed by atoms with Crippen molar-refractivity contribution in [1.29, 1.82) is 0 Å². The molecule has 28 heavy (non-hydrogen) atoms. The molecule has 2 rings (SSSR count). The highest BCUT2D eigenvalue weighted by Crippen LogP contribution is 2.35. The first-order valence-electron chi connectivity index (χ1n) is 9.78. The number of hydrogen-bond acceptors (Lipinski definition) is 1. The summed E-state index contributed by atoms with van der Waals surface area (Å²) in [6.07, 6.45) is 3.64. The van der Waals surface area contributed by atoms with Crippen molar-refractivity contribution in [3.05, 3.63) is 64.8 Å². The highest BCUT2D eigenvalue weighted by atomic mass is 19.4. The van der Waals surface area contributed by atoms with E-state index in [4.69, 9.17) is 0 Å². The molecule has 1 aliphatic heterocycles. The minimum Gasteiger partial charge on any atom is -0.334 e. The van der Waals surface area contributed by atoms with E-state index in [-0.39, 0.29) is 5.91 Å². The number of fused-ring (bicyclic) bond motifs is 1. The molecule has 0 N–H and O–H groups in total. The Morgan fingerprint density at radius 1 is 1.18 bits per heavy atom. The molecule has 0 unspecified atom stereocenters. The maximum atomic E-state index is 13.2. The van der Waals surface area contributed by atoms with Crippen LogP contribution in [0.1, 0.15) is 63.1 Å². The van der Waals surface area contributed by atoms with Crippen LogP contribution in [0.2, 0.25) is 0 Å². The number of alkyl halides is 3. The number of benzene rings is 1. The normalized spacial score (nSPS) is 15.4. The van der Waals surface area contributed by atoms with Crippen LogP contribution in [-0.2, 0) is 17.9 Å². The quantitative estimate of drug-likeness (QED) is 0.481. The second-order valence-electron chi connectivity index (χ2n) is 7.00. The third-order valence-electron chi connectivity index (χ3n) is 4.77. The Labute approximate surface area is 165 Å². The van der Waals surface area contributed by atoms with E-state index in [0.717, 1.165) is 23.1 Å². The topological polar surface area (TPSA) is 20.3 Å². The molecule has 0 atom stereocenters. The first kappa shape index (κ1) is 22.0. The van der Waals surface area contributed by atoms with Crippen molar-refractivity contribution in [2.75, 3.05) is 0 Å². The molecule has 0 saturated heterocycles. The molecular formula is C23H28F3NO. The van der Waals surface area contributed by atoms with E-state index in [2.05, 4.69) is 0 Å². The monoisotopic (exact) mass is 391 g/mol. The van der Waals surface area contributed by atoms with Gasteiger partial charge in [0.05, 0.1) is 6.42 Å². The van der Waals surface area contributed by atoms with Crippen molar-refractivity contribution in [3.63, 3.8) is 0 Å². The van der Waals surface area contributed by atoms with Gasteiger partial charge in [0.2, 0.25) is 5.91 Å². The lowest BCUT2D eigenvalue weighted by atomic mass is 9.91. The number of carbonyl (C=O) groups excluding carboxylic acids is 1. The van der Waals surface area contributed by atoms with Gasteiger partial charge in [0, 0.05) is 19.5 Å². The van der Waals surface area contributed by atoms with Crippen LogP contribution in [0.5, 0.6) is 0 Å². The van der Waals surface area contributed by atoms with E-state index >= 15 is 0 Å². The molecule has 1 heterocycles. The van der Waals surface area contributed by atoms with Crippen LogP contribution in [0.3, 0.4) is 0 Å². The van der Waals surface area contributed by atoms with Gasteiger partial charge in [0.1, 0.15) is 0 Å². The van der Waals surface area contributed by atoms with Gasteiger partial charge < -0.3 is 4.90 Å². The number of halogens is 3. The third-order valence-corrected chi connectivity index (χ3v) is 4.77. The minimum absolute atomic E-state index is 0.0861. The number of hydrogen-bond donors (Lipinski definition) is 0. The van der Waals surface area contributed by atoms with Crippen molar-refractivity contribution in [2.45, 2.75) is 65.7 Å². The SMILES string of the molecule is C\C=C/C=C(\C(=C\CCC)CC(F)(F)F)c1ccc2c(c1)CN(C(=O)CC)C2. The fourth-order valence-electron chi connectivity index (χ4n) is 3.35. The lowest BCUT2D eigenvalue weighted by molar-refractivity contribution is -0.131. The first-order valence-corrected chi connectivity index (χ1v) is 9.78. The Balaban J connectivity index is 2.43. The van der Waals surface area contributed by atoms with E-state index in [9.17, 15) is 18.0 Å². The molecule has 0 fully saturated rings. The maximum absolute atomic E-state index is 13.2. The van der Waals surface area contributed by atoms with Gasteiger partial charge in [0.25, 0.3) is 0 Å². The molecule has 0 aliphatic carbocycles. The molecule has 0 aromatic heterocycles. The molecular weight excluding hydrogens is 363 g/mol. The van der Waals surface area contributed by atoms with Crippen LogP contribution in [0.25, 0.3) is 5.57 Å². The highest BCUT2D eigenvalue weighted by molar-refractivity contribution is 5.81. The summed E-state index contributed by atoms with van der Waals surface area (Å²) in [7, 11) is 0. The fraction of sp³-hybridized carbons (Fsp3) is 0.435. The Morgan fingerprint density at radius 3 is 2.50 bits per heavy atom. The summed E-state index contributed by atoms with van der Waals surface area (Å²) < 4.78 is 39.6. The van der Waals surface area contributed by atoms with Gasteiger partial charge in [-0.3, -0.25) is 4.79 Å². The van der Waals surface area contributed by atoms with Crippen LogP contribution in [-0.4, -0.2) is 17.0 Å². The second-order valence-corrected chi connectivity index (χ2v) is 7.00. The Hall–Kier alpha value is -2.30. The van der Waals surface area contributed by atoms with Crippen LogP contribution in [0.4, 0.5) is 13.2 Å². The minimum atomic E-state index is -4.27. The average molecular weight is 391 g/mol. The summed E-state index contributed by atoms with van der Waals surface area (Å²) in [6, 6.07) is 5.73. The summed E-state index contributed by atoms with van der Waals surface area (Å²) in [5.74, 6) is 0.0861.